The molecule has 208 valence electrons. The number of fused-ring (bicyclic) bond motifs is 1. The largest absolute Gasteiger partial charge is 0.370 e. The van der Waals surface area contributed by atoms with Crippen molar-refractivity contribution in [2.45, 2.75) is 56.3 Å². The summed E-state index contributed by atoms with van der Waals surface area (Å²) in [6, 6.07) is 6.88. The Hall–Kier alpha value is -3.84. The number of rotatable bonds is 11. The molecule has 4 unspecified atom stereocenters. The maximum Gasteiger partial charge on any atom is 0.243 e. The third-order valence-electron chi connectivity index (χ3n) is 7.00. The highest BCUT2D eigenvalue weighted by Gasteiger charge is 2.46. The molecule has 2 fully saturated rings. The fourth-order valence-corrected chi connectivity index (χ4v) is 5.78. The quantitative estimate of drug-likeness (QED) is 0.125. The average molecular weight is 555 g/mol. The highest BCUT2D eigenvalue weighted by atomic mass is 32.1. The molecule has 2 aliphatic heterocycles. The van der Waals surface area contributed by atoms with Gasteiger partial charge in [0, 0.05) is 24.7 Å². The molecular formula is C26H34N8O4S. The summed E-state index contributed by atoms with van der Waals surface area (Å²) in [6.45, 7) is 0.491. The van der Waals surface area contributed by atoms with Crippen molar-refractivity contribution in [1.29, 1.82) is 0 Å². The zero-order valence-corrected chi connectivity index (χ0v) is 22.4. The number of carbonyl (C=O) groups is 4. The number of benzene rings is 1. The zero-order valence-electron chi connectivity index (χ0n) is 21.6. The number of piperazine rings is 1. The molecule has 7 N–H and O–H groups in total. The molecule has 0 spiro atoms. The summed E-state index contributed by atoms with van der Waals surface area (Å²) >= 11 is 1.20. The van der Waals surface area contributed by atoms with Crippen LogP contribution in [0.5, 0.6) is 0 Å². The van der Waals surface area contributed by atoms with Gasteiger partial charge in [-0.3, -0.25) is 24.2 Å². The lowest BCUT2D eigenvalue weighted by atomic mass is 10.0. The number of nitrogens with zero attached hydrogens (tertiary/aromatic N) is 4. The lowest BCUT2D eigenvalue weighted by Gasteiger charge is -2.40. The molecule has 1 aromatic carbocycles. The van der Waals surface area contributed by atoms with Gasteiger partial charge in [-0.2, -0.15) is 0 Å². The Balaban J connectivity index is 1.38. The summed E-state index contributed by atoms with van der Waals surface area (Å²) in [5, 5.41) is 4.83. The monoisotopic (exact) mass is 554 g/mol. The molecule has 0 radical (unpaired) electrons. The van der Waals surface area contributed by atoms with E-state index in [2.05, 4.69) is 15.3 Å². The molecule has 39 heavy (non-hydrogen) atoms. The van der Waals surface area contributed by atoms with Crippen molar-refractivity contribution >= 4 is 40.8 Å². The smallest absolute Gasteiger partial charge is 0.243 e. The summed E-state index contributed by atoms with van der Waals surface area (Å²) in [5.41, 5.74) is 17.9. The highest BCUT2D eigenvalue weighted by Crippen LogP contribution is 2.29. The van der Waals surface area contributed by atoms with Crippen molar-refractivity contribution in [3.8, 4) is 0 Å². The first-order valence-electron chi connectivity index (χ1n) is 12.9. The van der Waals surface area contributed by atoms with Crippen molar-refractivity contribution in [3.05, 3.63) is 52.5 Å². The number of amides is 3. The number of aliphatic imine (C=N–C) groups is 1. The van der Waals surface area contributed by atoms with Crippen molar-refractivity contribution in [3.63, 3.8) is 0 Å². The number of Topliss-reactive ketones (excluding diaryl/α,β-unsaturated/α-hetero) is 1. The number of aromatic nitrogens is 1. The van der Waals surface area contributed by atoms with E-state index >= 15 is 0 Å². The number of ketones is 1. The van der Waals surface area contributed by atoms with Crippen molar-refractivity contribution in [1.82, 2.24) is 20.1 Å². The zero-order chi connectivity index (χ0) is 27.9. The average Bonchev–Trinajstić information content (AvgIpc) is 3.61. The summed E-state index contributed by atoms with van der Waals surface area (Å²) in [7, 11) is 0. The van der Waals surface area contributed by atoms with Crippen LogP contribution in [0.2, 0.25) is 0 Å². The van der Waals surface area contributed by atoms with Crippen molar-refractivity contribution in [2.24, 2.45) is 22.2 Å². The fourth-order valence-electron chi connectivity index (χ4n) is 5.15. The lowest BCUT2D eigenvalue weighted by molar-refractivity contribution is -0.151. The van der Waals surface area contributed by atoms with Crippen LogP contribution in [-0.4, -0.2) is 88.0 Å². The molecule has 2 aromatic rings. The highest BCUT2D eigenvalue weighted by molar-refractivity contribution is 7.11. The van der Waals surface area contributed by atoms with Crippen LogP contribution >= 0.6 is 11.3 Å². The molecule has 2 saturated heterocycles. The van der Waals surface area contributed by atoms with Gasteiger partial charge in [-0.25, -0.2) is 4.98 Å². The van der Waals surface area contributed by atoms with Gasteiger partial charge in [-0.05, 0) is 37.7 Å². The second kappa shape index (κ2) is 12.8. The molecule has 2 aliphatic rings. The normalized spacial score (nSPS) is 20.2. The van der Waals surface area contributed by atoms with Crippen LogP contribution in [0.4, 0.5) is 0 Å². The predicted octanol–water partition coefficient (Wildman–Crippen LogP) is -0.364. The summed E-state index contributed by atoms with van der Waals surface area (Å²) in [5.74, 6) is -1.33. The van der Waals surface area contributed by atoms with Crippen LogP contribution in [0.15, 0.2) is 46.9 Å². The molecule has 4 atom stereocenters. The Labute approximate surface area is 230 Å². The van der Waals surface area contributed by atoms with E-state index in [0.29, 0.717) is 50.2 Å². The third-order valence-corrected chi connectivity index (χ3v) is 7.79. The summed E-state index contributed by atoms with van der Waals surface area (Å²) < 4.78 is 0. The van der Waals surface area contributed by atoms with Gasteiger partial charge in [0.05, 0.1) is 24.7 Å². The van der Waals surface area contributed by atoms with E-state index in [0.717, 1.165) is 5.56 Å². The Kier molecular flexibility index (Phi) is 9.25. The van der Waals surface area contributed by atoms with Crippen LogP contribution < -0.4 is 22.5 Å². The minimum Gasteiger partial charge on any atom is -0.370 e. The second-order valence-electron chi connectivity index (χ2n) is 9.77. The molecule has 3 amide bonds. The van der Waals surface area contributed by atoms with Gasteiger partial charge in [0.15, 0.2) is 11.0 Å². The van der Waals surface area contributed by atoms with Crippen molar-refractivity contribution < 1.29 is 19.2 Å². The molecule has 0 saturated carbocycles. The van der Waals surface area contributed by atoms with E-state index in [9.17, 15) is 19.2 Å². The van der Waals surface area contributed by atoms with Crippen LogP contribution in [0.1, 0.15) is 41.0 Å². The van der Waals surface area contributed by atoms with Gasteiger partial charge in [0.2, 0.25) is 23.5 Å². The second-order valence-corrected chi connectivity index (χ2v) is 10.7. The number of thiazole rings is 1. The molecular weight excluding hydrogens is 520 g/mol. The van der Waals surface area contributed by atoms with E-state index in [-0.39, 0.29) is 36.1 Å². The maximum atomic E-state index is 13.4. The molecule has 4 rings (SSSR count). The fraction of sp³-hybridized carbons (Fsp3) is 0.462. The van der Waals surface area contributed by atoms with Crippen LogP contribution in [-0.2, 0) is 20.8 Å². The van der Waals surface area contributed by atoms with Gasteiger partial charge >= 0.3 is 0 Å². The van der Waals surface area contributed by atoms with E-state index in [1.165, 1.54) is 22.4 Å². The topological polar surface area (TPSA) is 190 Å². The summed E-state index contributed by atoms with van der Waals surface area (Å²) in [4.78, 5) is 63.7. The minimum atomic E-state index is -0.828. The van der Waals surface area contributed by atoms with Gasteiger partial charge in [0.25, 0.3) is 0 Å². The Bertz CT molecular complexity index is 1200. The number of guanidine groups is 1. The van der Waals surface area contributed by atoms with Crippen molar-refractivity contribution in [2.75, 3.05) is 19.6 Å². The molecule has 3 heterocycles. The van der Waals surface area contributed by atoms with Gasteiger partial charge in [0.1, 0.15) is 6.04 Å². The van der Waals surface area contributed by atoms with E-state index < -0.39 is 24.0 Å². The van der Waals surface area contributed by atoms with E-state index in [1.54, 1.807) is 10.3 Å². The lowest BCUT2D eigenvalue weighted by Crippen LogP contribution is -2.62. The van der Waals surface area contributed by atoms with Crippen LogP contribution in [0.25, 0.3) is 0 Å². The Morgan fingerprint density at radius 2 is 1.95 bits per heavy atom. The predicted molar refractivity (Wildman–Crippen MR) is 147 cm³/mol. The third kappa shape index (κ3) is 6.98. The van der Waals surface area contributed by atoms with Gasteiger partial charge in [-0.1, -0.05) is 30.3 Å². The molecule has 13 heteroatoms. The van der Waals surface area contributed by atoms with Crippen LogP contribution in [0, 0.1) is 0 Å². The SMILES string of the molecule is NC(N)=NCCCC(NC(=O)C1CCC2CN(C(=O)C(N)Cc3ccccc3)CC(=O)N21)C(=O)c1nccs1. The van der Waals surface area contributed by atoms with E-state index in [4.69, 9.17) is 17.2 Å². The molecule has 1 aromatic heterocycles. The number of nitrogens with two attached hydrogens (primary N) is 3. The molecule has 0 aliphatic carbocycles. The number of carbonyl (C=O) groups excluding carboxylic acids is 4. The first kappa shape index (κ1) is 28.2. The number of hydrogen-bond donors (Lipinski definition) is 4. The Morgan fingerprint density at radius 1 is 1.18 bits per heavy atom. The molecule has 12 nitrogen and oxygen atoms in total. The summed E-state index contributed by atoms with van der Waals surface area (Å²) in [6.07, 6.45) is 3.69. The first-order chi connectivity index (χ1) is 18.7. The number of hydrogen-bond acceptors (Lipinski definition) is 8. The van der Waals surface area contributed by atoms with Gasteiger partial charge in [-0.15, -0.1) is 11.3 Å². The van der Waals surface area contributed by atoms with Gasteiger partial charge < -0.3 is 32.3 Å². The first-order valence-corrected chi connectivity index (χ1v) is 13.8. The van der Waals surface area contributed by atoms with Crippen LogP contribution in [0.3, 0.4) is 0 Å². The number of nitrogens with one attached hydrogen (secondary N) is 1. The Morgan fingerprint density at radius 3 is 2.64 bits per heavy atom. The maximum absolute atomic E-state index is 13.4. The minimum absolute atomic E-state index is 0.0454. The standard InChI is InChI=1S/C26H34N8O4S/c27-18(13-16-5-2-1-3-6-16)25(38)33-14-17-8-9-20(34(17)21(35)15-33)23(37)32-19(7-4-10-31-26(28)29)22(36)24-30-11-12-39-24/h1-3,5-6,11-12,17-20H,4,7-10,13-15,27H2,(H,32,37)(H4,28,29,31). The van der Waals surface area contributed by atoms with E-state index in [1.807, 2.05) is 30.3 Å². The molecule has 0 bridgehead atoms.